The molecule has 0 fully saturated rings. The van der Waals surface area contributed by atoms with Crippen LogP contribution < -0.4 is 0 Å². The van der Waals surface area contributed by atoms with Gasteiger partial charge in [-0.2, -0.15) is 0 Å². The Kier molecular flexibility index (Phi) is 3.81. The largest absolute Gasteiger partial charge is 0.269 e. The second-order valence-electron chi connectivity index (χ2n) is 4.35. The van der Waals surface area contributed by atoms with E-state index in [0.29, 0.717) is 0 Å². The summed E-state index contributed by atoms with van der Waals surface area (Å²) in [7, 11) is 0. The zero-order chi connectivity index (χ0) is 14.8. The van der Waals surface area contributed by atoms with Gasteiger partial charge in [-0.15, -0.1) is 11.3 Å². The molecule has 0 saturated carbocycles. The molecule has 0 aliphatic heterocycles. The average Bonchev–Trinajstić information content (AvgIpc) is 2.97. The summed E-state index contributed by atoms with van der Waals surface area (Å²) in [6, 6.07) is 14.4. The Labute approximate surface area is 133 Å². The van der Waals surface area contributed by atoms with E-state index in [1.54, 1.807) is 23.5 Å². The van der Waals surface area contributed by atoms with E-state index in [9.17, 15) is 10.1 Å². The molecule has 3 aromatic rings. The van der Waals surface area contributed by atoms with E-state index in [-0.39, 0.29) is 5.69 Å². The number of non-ortho nitro benzene ring substituents is 1. The molecule has 3 rings (SSSR count). The van der Waals surface area contributed by atoms with Crippen LogP contribution in [0.15, 0.2) is 58.4 Å². The third-order valence-electron chi connectivity index (χ3n) is 2.95. The van der Waals surface area contributed by atoms with E-state index >= 15 is 0 Å². The second-order valence-corrected chi connectivity index (χ2v) is 6.13. The molecule has 0 aliphatic rings. The summed E-state index contributed by atoms with van der Waals surface area (Å²) in [6.07, 6.45) is 0. The normalized spacial score (nSPS) is 10.5. The van der Waals surface area contributed by atoms with Gasteiger partial charge in [0.05, 0.1) is 10.6 Å². The predicted octanol–water partition coefficient (Wildman–Crippen LogP) is 5.15. The predicted molar refractivity (Wildman–Crippen MR) is 87.3 cm³/mol. The lowest BCUT2D eigenvalue weighted by Gasteiger charge is -1.98. The smallest absolute Gasteiger partial charge is 0.258 e. The van der Waals surface area contributed by atoms with E-state index in [1.165, 1.54) is 12.1 Å². The number of thiazole rings is 1. The summed E-state index contributed by atoms with van der Waals surface area (Å²) >= 11 is 5.00. The molecule has 0 unspecified atom stereocenters. The maximum Gasteiger partial charge on any atom is 0.269 e. The Bertz CT molecular complexity index is 799. The maximum atomic E-state index is 10.7. The number of nitrogens with zero attached hydrogens (tertiary/aromatic N) is 2. The molecule has 0 saturated heterocycles. The van der Waals surface area contributed by atoms with Gasteiger partial charge in [0.15, 0.2) is 0 Å². The summed E-state index contributed by atoms with van der Waals surface area (Å²) in [5, 5.41) is 13.5. The Balaban J connectivity index is 1.93. The van der Waals surface area contributed by atoms with Crippen molar-refractivity contribution in [3.63, 3.8) is 0 Å². The number of halogens is 1. The molecule has 21 heavy (non-hydrogen) atoms. The number of rotatable bonds is 3. The van der Waals surface area contributed by atoms with E-state index in [1.807, 2.05) is 29.6 Å². The fourth-order valence-corrected chi connectivity index (χ4v) is 3.14. The van der Waals surface area contributed by atoms with Crippen molar-refractivity contribution in [2.75, 3.05) is 0 Å². The monoisotopic (exact) mass is 360 g/mol. The quantitative estimate of drug-likeness (QED) is 0.479. The van der Waals surface area contributed by atoms with Crippen molar-refractivity contribution in [3.8, 4) is 21.8 Å². The summed E-state index contributed by atoms with van der Waals surface area (Å²) in [4.78, 5) is 14.8. The van der Waals surface area contributed by atoms with E-state index in [2.05, 4.69) is 20.9 Å². The van der Waals surface area contributed by atoms with Crippen molar-refractivity contribution in [2.45, 2.75) is 0 Å². The van der Waals surface area contributed by atoms with Crippen molar-refractivity contribution < 1.29 is 4.92 Å². The van der Waals surface area contributed by atoms with Crippen LogP contribution in [0.1, 0.15) is 0 Å². The molecule has 4 nitrogen and oxygen atoms in total. The lowest BCUT2D eigenvalue weighted by Crippen LogP contribution is -1.87. The van der Waals surface area contributed by atoms with Gasteiger partial charge >= 0.3 is 0 Å². The van der Waals surface area contributed by atoms with Crippen LogP contribution in [0, 0.1) is 10.1 Å². The van der Waals surface area contributed by atoms with Crippen LogP contribution in [-0.4, -0.2) is 9.91 Å². The standard InChI is InChI=1S/C15H9BrN2O2S/c16-12-3-1-2-11(8-12)15-17-14(9-21-15)10-4-6-13(7-5-10)18(19)20/h1-9H. The van der Waals surface area contributed by atoms with Crippen LogP contribution in [0.4, 0.5) is 5.69 Å². The molecule has 1 heterocycles. The molecule has 104 valence electrons. The number of aromatic nitrogens is 1. The van der Waals surface area contributed by atoms with Gasteiger partial charge in [0, 0.05) is 33.1 Å². The van der Waals surface area contributed by atoms with E-state index in [4.69, 9.17) is 0 Å². The number of hydrogen-bond donors (Lipinski definition) is 0. The van der Waals surface area contributed by atoms with Gasteiger partial charge in [-0.25, -0.2) is 4.98 Å². The summed E-state index contributed by atoms with van der Waals surface area (Å²) in [5.74, 6) is 0. The second kappa shape index (κ2) is 5.75. The first kappa shape index (κ1) is 13.9. The molecule has 2 aromatic carbocycles. The summed E-state index contributed by atoms with van der Waals surface area (Å²) in [6.45, 7) is 0. The first-order chi connectivity index (χ1) is 10.1. The zero-order valence-corrected chi connectivity index (χ0v) is 13.1. The number of hydrogen-bond acceptors (Lipinski definition) is 4. The number of benzene rings is 2. The molecular formula is C15H9BrN2O2S. The Morgan fingerprint density at radius 2 is 1.86 bits per heavy atom. The van der Waals surface area contributed by atoms with Crippen LogP contribution >= 0.6 is 27.3 Å². The minimum atomic E-state index is -0.405. The highest BCUT2D eigenvalue weighted by Crippen LogP contribution is 2.30. The first-order valence-electron chi connectivity index (χ1n) is 6.10. The first-order valence-corrected chi connectivity index (χ1v) is 7.77. The van der Waals surface area contributed by atoms with Crippen molar-refractivity contribution >= 4 is 33.0 Å². The van der Waals surface area contributed by atoms with Crippen LogP contribution in [0.3, 0.4) is 0 Å². The van der Waals surface area contributed by atoms with Gasteiger partial charge in [-0.05, 0) is 24.3 Å². The van der Waals surface area contributed by atoms with Crippen molar-refractivity contribution in [1.82, 2.24) is 4.98 Å². The minimum Gasteiger partial charge on any atom is -0.258 e. The lowest BCUT2D eigenvalue weighted by molar-refractivity contribution is -0.384. The molecule has 1 aromatic heterocycles. The zero-order valence-electron chi connectivity index (χ0n) is 10.7. The SMILES string of the molecule is O=[N+]([O-])c1ccc(-c2csc(-c3cccc(Br)c3)n2)cc1. The molecule has 0 N–H and O–H groups in total. The van der Waals surface area contributed by atoms with Crippen LogP contribution in [0.2, 0.25) is 0 Å². The van der Waals surface area contributed by atoms with E-state index in [0.717, 1.165) is 26.3 Å². The van der Waals surface area contributed by atoms with Gasteiger partial charge in [-0.1, -0.05) is 28.1 Å². The average molecular weight is 361 g/mol. The molecule has 0 atom stereocenters. The molecule has 0 aliphatic carbocycles. The van der Waals surface area contributed by atoms with Crippen LogP contribution in [0.5, 0.6) is 0 Å². The highest BCUT2D eigenvalue weighted by molar-refractivity contribution is 9.10. The summed E-state index contributed by atoms with van der Waals surface area (Å²) in [5.41, 5.74) is 2.83. The Hall–Kier alpha value is -2.05. The molecule has 0 amide bonds. The molecule has 0 bridgehead atoms. The molecule has 0 spiro atoms. The summed E-state index contributed by atoms with van der Waals surface area (Å²) < 4.78 is 1.01. The fourth-order valence-electron chi connectivity index (χ4n) is 1.91. The number of nitro groups is 1. The van der Waals surface area contributed by atoms with Crippen molar-refractivity contribution in [2.24, 2.45) is 0 Å². The minimum absolute atomic E-state index is 0.0844. The third kappa shape index (κ3) is 3.01. The van der Waals surface area contributed by atoms with Crippen LogP contribution in [-0.2, 0) is 0 Å². The van der Waals surface area contributed by atoms with Gasteiger partial charge in [0.2, 0.25) is 0 Å². The van der Waals surface area contributed by atoms with Gasteiger partial charge in [0.25, 0.3) is 5.69 Å². The van der Waals surface area contributed by atoms with Gasteiger partial charge in [0.1, 0.15) is 5.01 Å². The van der Waals surface area contributed by atoms with Crippen molar-refractivity contribution in [3.05, 3.63) is 68.5 Å². The van der Waals surface area contributed by atoms with Gasteiger partial charge < -0.3 is 0 Å². The highest BCUT2D eigenvalue weighted by atomic mass is 79.9. The highest BCUT2D eigenvalue weighted by Gasteiger charge is 2.09. The fraction of sp³-hybridized carbons (Fsp3) is 0. The van der Waals surface area contributed by atoms with Crippen LogP contribution in [0.25, 0.3) is 21.8 Å². The Morgan fingerprint density at radius 3 is 2.52 bits per heavy atom. The van der Waals surface area contributed by atoms with Gasteiger partial charge in [-0.3, -0.25) is 10.1 Å². The van der Waals surface area contributed by atoms with Crippen molar-refractivity contribution in [1.29, 1.82) is 0 Å². The molecular weight excluding hydrogens is 352 g/mol. The topological polar surface area (TPSA) is 56.0 Å². The lowest BCUT2D eigenvalue weighted by atomic mass is 10.1. The third-order valence-corrected chi connectivity index (χ3v) is 4.33. The number of nitro benzene ring substituents is 1. The molecule has 0 radical (unpaired) electrons. The maximum absolute atomic E-state index is 10.7. The van der Waals surface area contributed by atoms with E-state index < -0.39 is 4.92 Å². The molecule has 6 heteroatoms. The Morgan fingerprint density at radius 1 is 1.10 bits per heavy atom.